The summed E-state index contributed by atoms with van der Waals surface area (Å²) in [7, 11) is 0. The Kier molecular flexibility index (Phi) is 5.11. The second-order valence-electron chi connectivity index (χ2n) is 8.50. The third-order valence-electron chi connectivity index (χ3n) is 6.54. The summed E-state index contributed by atoms with van der Waals surface area (Å²) in [6.07, 6.45) is 2.04. The molecule has 166 valence electrons. The quantitative estimate of drug-likeness (QED) is 0.296. The molecular weight excluding hydrogens is 422 g/mol. The largest absolute Gasteiger partial charge is 0.454 e. The molecule has 0 saturated carbocycles. The van der Waals surface area contributed by atoms with E-state index in [0.717, 1.165) is 33.3 Å². The molecule has 34 heavy (non-hydrogen) atoms. The van der Waals surface area contributed by atoms with E-state index in [0.29, 0.717) is 11.3 Å². The summed E-state index contributed by atoms with van der Waals surface area (Å²) in [6, 6.07) is 33.8. The van der Waals surface area contributed by atoms with E-state index < -0.39 is 5.92 Å². The fourth-order valence-corrected chi connectivity index (χ4v) is 4.95. The summed E-state index contributed by atoms with van der Waals surface area (Å²) in [4.78, 5) is 17.6. The molecule has 0 radical (unpaired) electrons. The van der Waals surface area contributed by atoms with Gasteiger partial charge in [-0.15, -0.1) is 0 Å². The number of para-hydroxylation sites is 1. The number of hydrogen-bond donors (Lipinski definition) is 1. The molecule has 0 bridgehead atoms. The molecule has 4 nitrogen and oxygen atoms in total. The Morgan fingerprint density at radius 2 is 1.44 bits per heavy atom. The predicted molar refractivity (Wildman–Crippen MR) is 133 cm³/mol. The maximum atomic E-state index is 14.2. The monoisotopic (exact) mass is 445 g/mol. The van der Waals surface area contributed by atoms with Crippen molar-refractivity contribution in [3.63, 3.8) is 0 Å². The number of nitrogens with one attached hydrogen (secondary N) is 1. The van der Waals surface area contributed by atoms with Gasteiger partial charge < -0.3 is 14.5 Å². The number of carbonyl (C=O) groups is 1. The van der Waals surface area contributed by atoms with Gasteiger partial charge in [-0.25, -0.2) is 0 Å². The second kappa shape index (κ2) is 8.56. The Bertz CT molecular complexity index is 1460. The van der Waals surface area contributed by atoms with Crippen LogP contribution in [-0.2, 0) is 0 Å². The van der Waals surface area contributed by atoms with Gasteiger partial charge in [-0.1, -0.05) is 84.9 Å². The van der Waals surface area contributed by atoms with Crippen LogP contribution < -0.4 is 9.47 Å². The molecule has 1 N–H and O–H groups in total. The number of hydrogen-bond acceptors (Lipinski definition) is 3. The van der Waals surface area contributed by atoms with Crippen molar-refractivity contribution in [3.8, 4) is 11.5 Å². The van der Waals surface area contributed by atoms with Crippen molar-refractivity contribution in [2.24, 2.45) is 0 Å². The number of fused-ring (bicyclic) bond motifs is 2. The Morgan fingerprint density at radius 3 is 2.26 bits per heavy atom. The lowest BCUT2D eigenvalue weighted by Gasteiger charge is -2.28. The van der Waals surface area contributed by atoms with E-state index in [4.69, 9.17) is 9.47 Å². The molecule has 6 rings (SSSR count). The van der Waals surface area contributed by atoms with Gasteiger partial charge in [0, 0.05) is 28.6 Å². The molecule has 0 spiro atoms. The average molecular weight is 446 g/mol. The topological polar surface area (TPSA) is 51.3 Å². The van der Waals surface area contributed by atoms with Crippen LogP contribution in [0.25, 0.3) is 10.9 Å². The number of ketones is 1. The van der Waals surface area contributed by atoms with E-state index in [2.05, 4.69) is 17.1 Å². The number of carbonyl (C=O) groups excluding carboxylic acids is 1. The highest BCUT2D eigenvalue weighted by molar-refractivity contribution is 6.02. The predicted octanol–water partition coefficient (Wildman–Crippen LogP) is 6.70. The Labute approximate surface area is 197 Å². The fraction of sp³-hybridized carbons (Fsp3) is 0.100. The van der Waals surface area contributed by atoms with Crippen molar-refractivity contribution in [3.05, 3.63) is 132 Å². The second-order valence-corrected chi connectivity index (χ2v) is 8.50. The molecule has 4 heteroatoms. The van der Waals surface area contributed by atoms with E-state index >= 15 is 0 Å². The number of rotatable bonds is 6. The summed E-state index contributed by atoms with van der Waals surface area (Å²) in [5.41, 5.74) is 4.80. The molecule has 2 unspecified atom stereocenters. The minimum Gasteiger partial charge on any atom is -0.454 e. The van der Waals surface area contributed by atoms with Crippen LogP contribution in [0.3, 0.4) is 0 Å². The number of H-pyrrole nitrogens is 1. The van der Waals surface area contributed by atoms with Crippen molar-refractivity contribution < 1.29 is 14.3 Å². The van der Waals surface area contributed by atoms with Crippen molar-refractivity contribution in [1.29, 1.82) is 0 Å². The highest BCUT2D eigenvalue weighted by atomic mass is 16.7. The lowest BCUT2D eigenvalue weighted by molar-refractivity contribution is 0.0951. The molecule has 0 aliphatic carbocycles. The maximum Gasteiger partial charge on any atom is 0.231 e. The number of aromatic amines is 1. The van der Waals surface area contributed by atoms with Crippen LogP contribution in [0.15, 0.2) is 109 Å². The fourth-order valence-electron chi connectivity index (χ4n) is 4.95. The number of ether oxygens (including phenoxy) is 2. The van der Waals surface area contributed by atoms with Crippen LogP contribution in [0, 0.1) is 0 Å². The molecule has 2 heterocycles. The molecule has 1 aromatic heterocycles. The van der Waals surface area contributed by atoms with E-state index in [9.17, 15) is 4.79 Å². The lowest BCUT2D eigenvalue weighted by Crippen LogP contribution is -2.22. The summed E-state index contributed by atoms with van der Waals surface area (Å²) in [6.45, 7) is 0.210. The smallest absolute Gasteiger partial charge is 0.231 e. The van der Waals surface area contributed by atoms with Crippen LogP contribution in [-0.4, -0.2) is 17.6 Å². The third-order valence-corrected chi connectivity index (χ3v) is 6.54. The Balaban J connectivity index is 1.60. The van der Waals surface area contributed by atoms with Gasteiger partial charge in [0.05, 0.1) is 5.92 Å². The van der Waals surface area contributed by atoms with Gasteiger partial charge in [0.15, 0.2) is 17.3 Å². The van der Waals surface area contributed by atoms with Gasteiger partial charge in [0.1, 0.15) is 0 Å². The molecule has 4 aromatic carbocycles. The zero-order valence-corrected chi connectivity index (χ0v) is 18.5. The first-order valence-corrected chi connectivity index (χ1v) is 11.4. The molecule has 0 amide bonds. The maximum absolute atomic E-state index is 14.2. The summed E-state index contributed by atoms with van der Waals surface area (Å²) < 4.78 is 11.3. The van der Waals surface area contributed by atoms with Gasteiger partial charge in [-0.05, 0) is 34.9 Å². The van der Waals surface area contributed by atoms with Crippen molar-refractivity contribution in [2.45, 2.75) is 11.8 Å². The van der Waals surface area contributed by atoms with Gasteiger partial charge in [-0.2, -0.15) is 0 Å². The normalized spacial score (nSPS) is 14.1. The number of Topliss-reactive ketones (excluding diaryl/α,β-unsaturated/α-hetero) is 1. The lowest BCUT2D eigenvalue weighted by atomic mass is 9.73. The van der Waals surface area contributed by atoms with E-state index in [1.165, 1.54) is 0 Å². The van der Waals surface area contributed by atoms with E-state index in [1.54, 1.807) is 0 Å². The van der Waals surface area contributed by atoms with Crippen LogP contribution in [0.5, 0.6) is 11.5 Å². The number of aromatic nitrogens is 1. The number of benzene rings is 4. The van der Waals surface area contributed by atoms with E-state index in [-0.39, 0.29) is 18.5 Å². The zero-order valence-electron chi connectivity index (χ0n) is 18.5. The molecule has 5 aromatic rings. The van der Waals surface area contributed by atoms with Crippen LogP contribution in [0.2, 0.25) is 0 Å². The van der Waals surface area contributed by atoms with Crippen molar-refractivity contribution in [1.82, 2.24) is 4.98 Å². The third kappa shape index (κ3) is 3.54. The Morgan fingerprint density at radius 1 is 0.735 bits per heavy atom. The molecule has 0 saturated heterocycles. The summed E-state index contributed by atoms with van der Waals surface area (Å²) in [5.74, 6) is 0.858. The SMILES string of the molecule is O=C(c1ccccc1)C(c1ccccc1)C(c1ccc2c(c1)OCO2)c1c[nH]c2ccccc12. The van der Waals surface area contributed by atoms with Gasteiger partial charge in [-0.3, -0.25) is 4.79 Å². The van der Waals surface area contributed by atoms with Gasteiger partial charge >= 0.3 is 0 Å². The highest BCUT2D eigenvalue weighted by Crippen LogP contribution is 2.45. The minimum absolute atomic E-state index is 0.0831. The van der Waals surface area contributed by atoms with Crippen molar-refractivity contribution in [2.75, 3.05) is 6.79 Å². The van der Waals surface area contributed by atoms with Gasteiger partial charge in [0.25, 0.3) is 0 Å². The zero-order chi connectivity index (χ0) is 22.9. The van der Waals surface area contributed by atoms with Crippen LogP contribution in [0.1, 0.15) is 38.9 Å². The summed E-state index contributed by atoms with van der Waals surface area (Å²) >= 11 is 0. The average Bonchev–Trinajstić information content (AvgIpc) is 3.55. The van der Waals surface area contributed by atoms with Gasteiger partial charge in [0.2, 0.25) is 6.79 Å². The molecule has 0 fully saturated rings. The van der Waals surface area contributed by atoms with Crippen LogP contribution >= 0.6 is 0 Å². The molecule has 2 atom stereocenters. The first-order valence-electron chi connectivity index (χ1n) is 11.4. The molecular formula is C30H23NO3. The molecule has 1 aliphatic rings. The first-order chi connectivity index (χ1) is 16.8. The highest BCUT2D eigenvalue weighted by Gasteiger charge is 2.35. The van der Waals surface area contributed by atoms with Crippen molar-refractivity contribution >= 4 is 16.7 Å². The minimum atomic E-state index is -0.428. The first kappa shape index (κ1) is 20.3. The summed E-state index contributed by atoms with van der Waals surface area (Å²) in [5, 5.41) is 1.10. The molecule has 1 aliphatic heterocycles. The Hall–Kier alpha value is -4.31. The van der Waals surface area contributed by atoms with E-state index in [1.807, 2.05) is 97.2 Å². The van der Waals surface area contributed by atoms with Crippen LogP contribution in [0.4, 0.5) is 0 Å². The standard InChI is InChI=1S/C30H23NO3/c32-30(21-11-5-2-6-12-21)29(20-9-3-1-4-10-20)28(22-15-16-26-27(17-22)34-19-33-26)24-18-31-25-14-8-7-13-23(24)25/h1-18,28-29,31H,19H2.